The minimum atomic E-state index is -0.383. The summed E-state index contributed by atoms with van der Waals surface area (Å²) < 4.78 is 11.3. The Morgan fingerprint density at radius 2 is 1.02 bits per heavy atom. The Kier molecular flexibility index (Phi) is 21.7. The number of esters is 1. The quantitative estimate of drug-likeness (QED) is 0.0698. The lowest BCUT2D eigenvalue weighted by molar-refractivity contribution is -0.139. The highest BCUT2D eigenvalue weighted by Gasteiger charge is 2.34. The fourth-order valence-corrected chi connectivity index (χ4v) is 6.72. The van der Waals surface area contributed by atoms with E-state index in [1.165, 1.54) is 122 Å². The van der Waals surface area contributed by atoms with Crippen LogP contribution in [0.1, 0.15) is 187 Å². The van der Waals surface area contributed by atoms with Crippen molar-refractivity contribution < 1.29 is 24.5 Å². The van der Waals surface area contributed by atoms with Crippen LogP contribution in [0.25, 0.3) is 0 Å². The van der Waals surface area contributed by atoms with Gasteiger partial charge in [0.2, 0.25) is 0 Å². The minimum Gasteiger partial charge on any atom is -0.455 e. The predicted molar refractivity (Wildman–Crippen MR) is 175 cm³/mol. The molecule has 2 aliphatic heterocycles. The van der Waals surface area contributed by atoms with Crippen LogP contribution in [0.4, 0.5) is 0 Å². The van der Waals surface area contributed by atoms with Crippen LogP contribution in [-0.4, -0.2) is 46.7 Å². The van der Waals surface area contributed by atoms with Gasteiger partial charge >= 0.3 is 5.97 Å². The number of aliphatic hydroxyl groups excluding tert-OH is 2. The summed E-state index contributed by atoms with van der Waals surface area (Å²) >= 11 is 0. The molecule has 5 atom stereocenters. The fourth-order valence-electron chi connectivity index (χ4n) is 6.72. The standard InChI is InChI=1S/C37H68O5/c1-3-4-5-6-7-8-14-17-20-23-26-33(38)35-28-29-36(42-35)34(39)27-24-21-18-15-12-10-9-11-13-16-19-22-25-32-30-31(2)41-37(32)40/h30-31,33-36,38-39H,3-29H2,1-2H3/t31-,33-,34+,35+,36+/m0/s1. The highest BCUT2D eigenvalue weighted by Crippen LogP contribution is 2.28. The molecule has 2 N–H and O–H groups in total. The molecular formula is C37H68O5. The van der Waals surface area contributed by atoms with E-state index in [4.69, 9.17) is 9.47 Å². The molecule has 5 heteroatoms. The summed E-state index contributed by atoms with van der Waals surface area (Å²) in [4.78, 5) is 11.6. The van der Waals surface area contributed by atoms with E-state index in [9.17, 15) is 15.0 Å². The molecule has 0 aromatic carbocycles. The SMILES string of the molecule is CCCCCCCCCCCC[C@H](O)[C@H]1CC[C@H]([C@H](O)CCCCCCCCCCCCCCC2=C[C@H](C)OC2=O)O1. The van der Waals surface area contributed by atoms with Crippen molar-refractivity contribution >= 4 is 5.97 Å². The fraction of sp³-hybridized carbons (Fsp3) is 0.919. The zero-order valence-electron chi connectivity index (χ0n) is 27.7. The third-order valence-corrected chi connectivity index (χ3v) is 9.48. The summed E-state index contributed by atoms with van der Waals surface area (Å²) in [5, 5.41) is 21.2. The topological polar surface area (TPSA) is 76.0 Å². The van der Waals surface area contributed by atoms with Crippen molar-refractivity contribution in [3.8, 4) is 0 Å². The second-order valence-corrected chi connectivity index (χ2v) is 13.5. The third-order valence-electron chi connectivity index (χ3n) is 9.48. The maximum atomic E-state index is 11.6. The second kappa shape index (κ2) is 24.4. The van der Waals surface area contributed by atoms with Gasteiger partial charge in [0.25, 0.3) is 0 Å². The van der Waals surface area contributed by atoms with E-state index in [1.807, 2.05) is 13.0 Å². The lowest BCUT2D eigenvalue weighted by Crippen LogP contribution is -2.31. The van der Waals surface area contributed by atoms with E-state index >= 15 is 0 Å². The molecule has 0 bridgehead atoms. The molecule has 1 fully saturated rings. The van der Waals surface area contributed by atoms with Crippen molar-refractivity contribution in [1.29, 1.82) is 0 Å². The zero-order chi connectivity index (χ0) is 30.3. The van der Waals surface area contributed by atoms with Gasteiger partial charge in [-0.3, -0.25) is 0 Å². The zero-order valence-corrected chi connectivity index (χ0v) is 27.7. The normalized spacial score (nSPS) is 22.0. The molecule has 5 nitrogen and oxygen atoms in total. The Balaban J connectivity index is 1.32. The molecule has 246 valence electrons. The number of hydrogen-bond donors (Lipinski definition) is 2. The molecule has 0 unspecified atom stereocenters. The Labute approximate surface area is 259 Å². The van der Waals surface area contributed by atoms with E-state index in [1.54, 1.807) is 0 Å². The minimum absolute atomic E-state index is 0.0387. The molecule has 1 saturated heterocycles. The lowest BCUT2D eigenvalue weighted by atomic mass is 10.00. The molecule has 2 aliphatic rings. The van der Waals surface area contributed by atoms with Gasteiger partial charge in [-0.1, -0.05) is 142 Å². The molecule has 0 aromatic heterocycles. The Hall–Kier alpha value is -0.910. The maximum Gasteiger partial charge on any atom is 0.334 e. The number of ether oxygens (including phenoxy) is 2. The summed E-state index contributed by atoms with van der Waals surface area (Å²) in [5.74, 6) is -0.111. The summed E-state index contributed by atoms with van der Waals surface area (Å²) in [5.41, 5.74) is 0.877. The molecule has 2 heterocycles. The molecule has 0 aromatic rings. The smallest absolute Gasteiger partial charge is 0.334 e. The predicted octanol–water partition coefficient (Wildman–Crippen LogP) is 9.90. The van der Waals surface area contributed by atoms with Gasteiger partial charge in [0.15, 0.2) is 0 Å². The summed E-state index contributed by atoms with van der Waals surface area (Å²) in [6.45, 7) is 4.19. The van der Waals surface area contributed by atoms with E-state index in [0.717, 1.165) is 56.9 Å². The number of carbonyl (C=O) groups excluding carboxylic acids is 1. The van der Waals surface area contributed by atoms with Crippen LogP contribution in [0.3, 0.4) is 0 Å². The van der Waals surface area contributed by atoms with E-state index < -0.39 is 0 Å². The number of hydrogen-bond acceptors (Lipinski definition) is 5. The van der Waals surface area contributed by atoms with Crippen molar-refractivity contribution in [3.63, 3.8) is 0 Å². The largest absolute Gasteiger partial charge is 0.455 e. The van der Waals surface area contributed by atoms with Crippen molar-refractivity contribution in [2.24, 2.45) is 0 Å². The Bertz CT molecular complexity index is 692. The summed E-state index contributed by atoms with van der Waals surface area (Å²) in [6.07, 6.45) is 33.4. The molecule has 0 aliphatic carbocycles. The summed E-state index contributed by atoms with van der Waals surface area (Å²) in [6, 6.07) is 0. The average Bonchev–Trinajstić information content (AvgIpc) is 3.60. The van der Waals surface area contributed by atoms with Gasteiger partial charge in [0, 0.05) is 5.57 Å². The first kappa shape index (κ1) is 37.3. The van der Waals surface area contributed by atoms with Crippen molar-refractivity contribution in [2.45, 2.75) is 218 Å². The molecule has 0 spiro atoms. The highest BCUT2D eigenvalue weighted by molar-refractivity contribution is 5.90. The molecule has 2 rings (SSSR count). The van der Waals surface area contributed by atoms with Gasteiger partial charge in [-0.25, -0.2) is 4.79 Å². The first-order valence-electron chi connectivity index (χ1n) is 18.4. The van der Waals surface area contributed by atoms with Crippen molar-refractivity contribution in [1.82, 2.24) is 0 Å². The van der Waals surface area contributed by atoms with Crippen molar-refractivity contribution in [2.75, 3.05) is 0 Å². The van der Waals surface area contributed by atoms with Gasteiger partial charge in [-0.15, -0.1) is 0 Å². The van der Waals surface area contributed by atoms with Crippen LogP contribution in [0.5, 0.6) is 0 Å². The number of unbranched alkanes of at least 4 members (excludes halogenated alkanes) is 20. The summed E-state index contributed by atoms with van der Waals surface area (Å²) in [7, 11) is 0. The van der Waals surface area contributed by atoms with Gasteiger partial charge in [0.05, 0.1) is 24.4 Å². The first-order valence-corrected chi connectivity index (χ1v) is 18.4. The van der Waals surface area contributed by atoms with Gasteiger partial charge in [-0.05, 0) is 51.5 Å². The number of carbonyl (C=O) groups is 1. The van der Waals surface area contributed by atoms with Crippen LogP contribution in [0.2, 0.25) is 0 Å². The van der Waals surface area contributed by atoms with Gasteiger partial charge < -0.3 is 19.7 Å². The molecule has 0 radical (unpaired) electrons. The Morgan fingerprint density at radius 3 is 1.40 bits per heavy atom. The number of rotatable bonds is 28. The molecular weight excluding hydrogens is 524 g/mol. The maximum absolute atomic E-state index is 11.6. The molecule has 0 saturated carbocycles. The van der Waals surface area contributed by atoms with Gasteiger partial charge in [0.1, 0.15) is 6.10 Å². The second-order valence-electron chi connectivity index (χ2n) is 13.5. The van der Waals surface area contributed by atoms with Crippen LogP contribution in [0, 0.1) is 0 Å². The third kappa shape index (κ3) is 17.4. The number of cyclic esters (lactones) is 1. The van der Waals surface area contributed by atoms with Gasteiger partial charge in [-0.2, -0.15) is 0 Å². The van der Waals surface area contributed by atoms with E-state index in [2.05, 4.69) is 6.92 Å². The number of aliphatic hydroxyl groups is 2. The van der Waals surface area contributed by atoms with Crippen LogP contribution in [-0.2, 0) is 14.3 Å². The monoisotopic (exact) mass is 593 g/mol. The first-order chi connectivity index (χ1) is 20.5. The van der Waals surface area contributed by atoms with E-state index in [0.29, 0.717) is 0 Å². The molecule has 42 heavy (non-hydrogen) atoms. The molecule has 0 amide bonds. The van der Waals surface area contributed by atoms with Crippen molar-refractivity contribution in [3.05, 3.63) is 11.6 Å². The van der Waals surface area contributed by atoms with Crippen LogP contribution < -0.4 is 0 Å². The van der Waals surface area contributed by atoms with Crippen LogP contribution in [0.15, 0.2) is 11.6 Å². The lowest BCUT2D eigenvalue weighted by Gasteiger charge is -2.22. The van der Waals surface area contributed by atoms with Crippen LogP contribution >= 0.6 is 0 Å². The average molecular weight is 593 g/mol. The highest BCUT2D eigenvalue weighted by atomic mass is 16.5. The van der Waals surface area contributed by atoms with E-state index in [-0.39, 0.29) is 36.5 Å². The Morgan fingerprint density at radius 1 is 0.643 bits per heavy atom.